The summed E-state index contributed by atoms with van der Waals surface area (Å²) in [4.78, 5) is 46.6. The fraction of sp³-hybridized carbons (Fsp3) is 0.500. The monoisotopic (exact) mass is 393 g/mol. The third-order valence-corrected chi connectivity index (χ3v) is 4.44. The van der Waals surface area contributed by atoms with Gasteiger partial charge in [0.2, 0.25) is 0 Å². The standard InChI is InChI=1S/C18H23N3O7/c1-11(16(22)20-18(24)19-12-6-4-3-5-7-12)28-17(23)14-10-13(21(25)26)8-9-15(14)27-2/h8-12H,3-7H2,1-2H3,(H2,19,20,22,24)/t11-/m1/s1. The van der Waals surface area contributed by atoms with Gasteiger partial charge in [-0.1, -0.05) is 19.3 Å². The summed E-state index contributed by atoms with van der Waals surface area (Å²) in [6.07, 6.45) is 3.62. The molecule has 0 aliphatic heterocycles. The van der Waals surface area contributed by atoms with E-state index in [-0.39, 0.29) is 23.0 Å². The van der Waals surface area contributed by atoms with Crippen LogP contribution in [-0.2, 0) is 9.53 Å². The highest BCUT2D eigenvalue weighted by Crippen LogP contribution is 2.25. The first kappa shape index (κ1) is 21.1. The summed E-state index contributed by atoms with van der Waals surface area (Å²) in [6, 6.07) is 2.82. The van der Waals surface area contributed by atoms with Crippen LogP contribution in [0.4, 0.5) is 10.5 Å². The summed E-state index contributed by atoms with van der Waals surface area (Å²) in [5, 5.41) is 15.8. The number of nitro benzene ring substituents is 1. The van der Waals surface area contributed by atoms with Crippen LogP contribution >= 0.6 is 0 Å². The number of nitrogens with zero attached hydrogens (tertiary/aromatic N) is 1. The molecule has 0 aromatic heterocycles. The normalized spacial score (nSPS) is 15.2. The molecule has 0 spiro atoms. The summed E-state index contributed by atoms with van der Waals surface area (Å²) in [5.74, 6) is -1.71. The van der Waals surface area contributed by atoms with Gasteiger partial charge in [0.25, 0.3) is 11.6 Å². The summed E-state index contributed by atoms with van der Waals surface area (Å²) in [5.41, 5.74) is -0.514. The van der Waals surface area contributed by atoms with E-state index >= 15 is 0 Å². The lowest BCUT2D eigenvalue weighted by Crippen LogP contribution is -2.48. The number of esters is 1. The molecule has 10 heteroatoms. The van der Waals surface area contributed by atoms with Gasteiger partial charge in [0.1, 0.15) is 11.3 Å². The molecule has 0 bridgehead atoms. The Kier molecular flexibility index (Phi) is 7.30. The average molecular weight is 393 g/mol. The molecule has 2 rings (SSSR count). The Bertz CT molecular complexity index is 760. The van der Waals surface area contributed by atoms with Crippen molar-refractivity contribution in [2.45, 2.75) is 51.2 Å². The van der Waals surface area contributed by atoms with Gasteiger partial charge < -0.3 is 14.8 Å². The smallest absolute Gasteiger partial charge is 0.342 e. The second-order valence-electron chi connectivity index (χ2n) is 6.49. The second-order valence-corrected chi connectivity index (χ2v) is 6.49. The van der Waals surface area contributed by atoms with E-state index in [1.54, 1.807) is 0 Å². The number of benzene rings is 1. The van der Waals surface area contributed by atoms with Crippen molar-refractivity contribution in [3.8, 4) is 5.75 Å². The number of carbonyl (C=O) groups is 3. The first-order valence-corrected chi connectivity index (χ1v) is 8.96. The lowest BCUT2D eigenvalue weighted by Gasteiger charge is -2.23. The highest BCUT2D eigenvalue weighted by atomic mass is 16.6. The Balaban J connectivity index is 1.95. The van der Waals surface area contributed by atoms with Crippen molar-refractivity contribution in [3.63, 3.8) is 0 Å². The largest absolute Gasteiger partial charge is 0.496 e. The molecule has 2 N–H and O–H groups in total. The maximum absolute atomic E-state index is 12.3. The SMILES string of the molecule is COc1ccc([N+](=O)[O-])cc1C(=O)O[C@H](C)C(=O)NC(=O)NC1CCCCC1. The summed E-state index contributed by atoms with van der Waals surface area (Å²) in [6.45, 7) is 1.30. The third kappa shape index (κ3) is 5.66. The molecule has 0 radical (unpaired) electrons. The molecule has 0 saturated heterocycles. The van der Waals surface area contributed by atoms with E-state index in [1.807, 2.05) is 0 Å². The van der Waals surface area contributed by atoms with E-state index in [1.165, 1.54) is 26.2 Å². The number of urea groups is 1. The third-order valence-electron chi connectivity index (χ3n) is 4.44. The van der Waals surface area contributed by atoms with E-state index in [0.717, 1.165) is 38.2 Å². The van der Waals surface area contributed by atoms with Gasteiger partial charge in [-0.05, 0) is 25.8 Å². The van der Waals surface area contributed by atoms with Crippen molar-refractivity contribution in [3.05, 3.63) is 33.9 Å². The van der Waals surface area contributed by atoms with E-state index in [9.17, 15) is 24.5 Å². The predicted octanol–water partition coefficient (Wildman–Crippen LogP) is 2.31. The number of nitrogens with one attached hydrogen (secondary N) is 2. The summed E-state index contributed by atoms with van der Waals surface area (Å²) < 4.78 is 10.0. The molecule has 1 saturated carbocycles. The van der Waals surface area contributed by atoms with Crippen molar-refractivity contribution < 1.29 is 28.8 Å². The summed E-state index contributed by atoms with van der Waals surface area (Å²) >= 11 is 0. The van der Waals surface area contributed by atoms with Crippen LogP contribution in [-0.4, -0.2) is 42.1 Å². The van der Waals surface area contributed by atoms with Crippen LogP contribution in [0.25, 0.3) is 0 Å². The van der Waals surface area contributed by atoms with Gasteiger partial charge in [0, 0.05) is 18.2 Å². The van der Waals surface area contributed by atoms with Crippen molar-refractivity contribution >= 4 is 23.6 Å². The molecule has 10 nitrogen and oxygen atoms in total. The number of hydrogen-bond acceptors (Lipinski definition) is 7. The lowest BCUT2D eigenvalue weighted by atomic mass is 9.96. The molecule has 1 fully saturated rings. The van der Waals surface area contributed by atoms with Crippen LogP contribution in [0.2, 0.25) is 0 Å². The molecule has 3 amide bonds. The molecule has 1 aliphatic rings. The van der Waals surface area contributed by atoms with Gasteiger partial charge in [-0.15, -0.1) is 0 Å². The fourth-order valence-electron chi connectivity index (χ4n) is 2.93. The van der Waals surface area contributed by atoms with Crippen molar-refractivity contribution in [1.82, 2.24) is 10.6 Å². The zero-order valence-corrected chi connectivity index (χ0v) is 15.7. The minimum absolute atomic E-state index is 0.0218. The average Bonchev–Trinajstić information content (AvgIpc) is 2.67. The number of hydrogen-bond donors (Lipinski definition) is 2. The Hall–Kier alpha value is -3.17. The first-order valence-electron chi connectivity index (χ1n) is 8.96. The number of non-ortho nitro benzene ring substituents is 1. The van der Waals surface area contributed by atoms with Crippen LogP contribution in [0.5, 0.6) is 5.75 Å². The van der Waals surface area contributed by atoms with Gasteiger partial charge in [0.05, 0.1) is 12.0 Å². The molecule has 1 aliphatic carbocycles. The number of amides is 3. The molecule has 152 valence electrons. The van der Waals surface area contributed by atoms with Gasteiger partial charge >= 0.3 is 12.0 Å². The number of imide groups is 1. The lowest BCUT2D eigenvalue weighted by molar-refractivity contribution is -0.384. The second kappa shape index (κ2) is 9.67. The van der Waals surface area contributed by atoms with Crippen LogP contribution < -0.4 is 15.4 Å². The van der Waals surface area contributed by atoms with E-state index in [0.29, 0.717) is 0 Å². The van der Waals surface area contributed by atoms with Gasteiger partial charge in [-0.25, -0.2) is 9.59 Å². The minimum Gasteiger partial charge on any atom is -0.496 e. The van der Waals surface area contributed by atoms with Gasteiger partial charge in [-0.2, -0.15) is 0 Å². The zero-order valence-electron chi connectivity index (χ0n) is 15.7. The van der Waals surface area contributed by atoms with Crippen molar-refractivity contribution in [1.29, 1.82) is 0 Å². The van der Waals surface area contributed by atoms with Crippen molar-refractivity contribution in [2.75, 3.05) is 7.11 Å². The fourth-order valence-corrected chi connectivity index (χ4v) is 2.93. The van der Waals surface area contributed by atoms with Crippen LogP contribution in [0, 0.1) is 10.1 Å². The highest BCUT2D eigenvalue weighted by molar-refractivity contribution is 5.99. The number of ether oxygens (including phenoxy) is 2. The molecular formula is C18H23N3O7. The number of methoxy groups -OCH3 is 1. The van der Waals surface area contributed by atoms with Gasteiger partial charge in [0.15, 0.2) is 6.10 Å². The maximum Gasteiger partial charge on any atom is 0.342 e. The van der Waals surface area contributed by atoms with Crippen LogP contribution in [0.15, 0.2) is 18.2 Å². The van der Waals surface area contributed by atoms with E-state index in [2.05, 4.69) is 10.6 Å². The highest BCUT2D eigenvalue weighted by Gasteiger charge is 2.25. The number of rotatable bonds is 6. The Morgan fingerprint density at radius 1 is 1.21 bits per heavy atom. The van der Waals surface area contributed by atoms with Crippen LogP contribution in [0.3, 0.4) is 0 Å². The van der Waals surface area contributed by atoms with Crippen molar-refractivity contribution in [2.24, 2.45) is 0 Å². The molecule has 1 aromatic rings. The molecule has 28 heavy (non-hydrogen) atoms. The number of carbonyl (C=O) groups excluding carboxylic acids is 3. The van der Waals surface area contributed by atoms with Gasteiger partial charge in [-0.3, -0.25) is 20.2 Å². The van der Waals surface area contributed by atoms with E-state index < -0.39 is 28.9 Å². The first-order chi connectivity index (χ1) is 13.3. The molecule has 1 atom stereocenters. The Labute approximate surface area is 161 Å². The molecule has 0 heterocycles. The molecular weight excluding hydrogens is 370 g/mol. The predicted molar refractivity (Wildman–Crippen MR) is 98.1 cm³/mol. The van der Waals surface area contributed by atoms with Crippen LogP contribution in [0.1, 0.15) is 49.4 Å². The quantitative estimate of drug-likeness (QED) is 0.430. The summed E-state index contributed by atoms with van der Waals surface area (Å²) in [7, 11) is 1.30. The molecule has 0 unspecified atom stereocenters. The Morgan fingerprint density at radius 2 is 1.89 bits per heavy atom. The molecule has 1 aromatic carbocycles. The van der Waals surface area contributed by atoms with E-state index in [4.69, 9.17) is 9.47 Å². The zero-order chi connectivity index (χ0) is 20.7. The topological polar surface area (TPSA) is 137 Å². The minimum atomic E-state index is -1.28. The Morgan fingerprint density at radius 3 is 2.50 bits per heavy atom. The maximum atomic E-state index is 12.3. The number of nitro groups is 1.